The molecule has 0 heterocycles. The molecule has 0 aromatic heterocycles. The zero-order valence-electron chi connectivity index (χ0n) is 11.0. The first kappa shape index (κ1) is 14.6. The number of nitro groups is 1. The van der Waals surface area contributed by atoms with Crippen LogP contribution in [0.4, 0.5) is 10.1 Å². The van der Waals surface area contributed by atoms with Crippen molar-refractivity contribution in [3.63, 3.8) is 0 Å². The van der Waals surface area contributed by atoms with Gasteiger partial charge < -0.3 is 5.32 Å². The summed E-state index contributed by atoms with van der Waals surface area (Å²) >= 11 is 0. The highest BCUT2D eigenvalue weighted by Crippen LogP contribution is 2.13. The third-order valence-electron chi connectivity index (χ3n) is 2.98. The molecular formula is C15H12FN3O2. The van der Waals surface area contributed by atoms with E-state index < -0.39 is 4.92 Å². The summed E-state index contributed by atoms with van der Waals surface area (Å²) in [5.74, 6) is -0.388. The predicted octanol–water partition coefficient (Wildman–Crippen LogP) is 2.90. The Hall–Kier alpha value is -2.78. The Kier molecular flexibility index (Phi) is 4.59. The van der Waals surface area contributed by atoms with Gasteiger partial charge in [0.15, 0.2) is 0 Å². The summed E-state index contributed by atoms with van der Waals surface area (Å²) in [7, 11) is 0. The van der Waals surface area contributed by atoms with Crippen LogP contribution in [0.15, 0.2) is 42.5 Å². The van der Waals surface area contributed by atoms with Gasteiger partial charge in [0.05, 0.1) is 16.6 Å². The van der Waals surface area contributed by atoms with Crippen LogP contribution in [0.2, 0.25) is 0 Å². The highest BCUT2D eigenvalue weighted by Gasteiger charge is 2.05. The van der Waals surface area contributed by atoms with Crippen molar-refractivity contribution in [2.45, 2.75) is 13.1 Å². The molecule has 0 aliphatic heterocycles. The number of hydrogen-bond donors (Lipinski definition) is 1. The van der Waals surface area contributed by atoms with Crippen LogP contribution in [0.25, 0.3) is 0 Å². The standard InChI is InChI=1S/C15H12FN3O2/c16-14-4-3-12(8-17)13(7-14)10-18-9-11-1-5-15(6-2-11)19(20)21/h1-7,18H,9-10H2. The average Bonchev–Trinajstić information content (AvgIpc) is 2.48. The van der Waals surface area contributed by atoms with Crippen molar-refractivity contribution in [2.75, 3.05) is 0 Å². The van der Waals surface area contributed by atoms with E-state index >= 15 is 0 Å². The van der Waals surface area contributed by atoms with Gasteiger partial charge in [-0.15, -0.1) is 0 Å². The lowest BCUT2D eigenvalue weighted by molar-refractivity contribution is -0.384. The van der Waals surface area contributed by atoms with Gasteiger partial charge in [-0.05, 0) is 29.3 Å². The summed E-state index contributed by atoms with van der Waals surface area (Å²) in [6.07, 6.45) is 0. The van der Waals surface area contributed by atoms with Gasteiger partial charge in [0.2, 0.25) is 0 Å². The number of nitro benzene ring substituents is 1. The lowest BCUT2D eigenvalue weighted by Crippen LogP contribution is -2.13. The third-order valence-corrected chi connectivity index (χ3v) is 2.98. The molecule has 0 fully saturated rings. The fourth-order valence-corrected chi connectivity index (χ4v) is 1.89. The molecule has 2 aromatic rings. The van der Waals surface area contributed by atoms with Crippen LogP contribution in [0.3, 0.4) is 0 Å². The molecule has 6 heteroatoms. The minimum Gasteiger partial charge on any atom is -0.309 e. The van der Waals surface area contributed by atoms with Crippen LogP contribution in [-0.2, 0) is 13.1 Å². The van der Waals surface area contributed by atoms with E-state index in [1.165, 1.54) is 30.3 Å². The van der Waals surface area contributed by atoms with Crippen molar-refractivity contribution in [1.82, 2.24) is 5.32 Å². The summed E-state index contributed by atoms with van der Waals surface area (Å²) in [6.45, 7) is 0.816. The first-order chi connectivity index (χ1) is 10.1. The van der Waals surface area contributed by atoms with Crippen molar-refractivity contribution in [3.8, 4) is 6.07 Å². The summed E-state index contributed by atoms with van der Waals surface area (Å²) in [6, 6.07) is 12.2. The summed E-state index contributed by atoms with van der Waals surface area (Å²) in [5.41, 5.74) is 1.91. The van der Waals surface area contributed by atoms with Crippen molar-refractivity contribution in [1.29, 1.82) is 5.26 Å². The zero-order valence-corrected chi connectivity index (χ0v) is 11.0. The molecule has 106 valence electrons. The first-order valence-corrected chi connectivity index (χ1v) is 6.22. The molecule has 0 spiro atoms. The molecular weight excluding hydrogens is 273 g/mol. The SMILES string of the molecule is N#Cc1ccc(F)cc1CNCc1ccc([N+](=O)[O-])cc1. The lowest BCUT2D eigenvalue weighted by Gasteiger charge is -2.07. The summed E-state index contributed by atoms with van der Waals surface area (Å²) in [4.78, 5) is 10.1. The molecule has 2 aromatic carbocycles. The maximum Gasteiger partial charge on any atom is 0.269 e. The van der Waals surface area contributed by atoms with Gasteiger partial charge in [-0.25, -0.2) is 4.39 Å². The molecule has 0 atom stereocenters. The van der Waals surface area contributed by atoms with Gasteiger partial charge in [-0.2, -0.15) is 5.26 Å². The number of benzene rings is 2. The van der Waals surface area contributed by atoms with Crippen molar-refractivity contribution < 1.29 is 9.31 Å². The molecule has 0 aliphatic rings. The molecule has 21 heavy (non-hydrogen) atoms. The molecule has 1 N–H and O–H groups in total. The largest absolute Gasteiger partial charge is 0.309 e. The Bertz CT molecular complexity index is 693. The quantitative estimate of drug-likeness (QED) is 0.676. The monoisotopic (exact) mass is 285 g/mol. The van der Waals surface area contributed by atoms with Gasteiger partial charge in [-0.1, -0.05) is 12.1 Å². The van der Waals surface area contributed by atoms with Crippen LogP contribution in [0.1, 0.15) is 16.7 Å². The number of nitrogens with zero attached hydrogens (tertiary/aromatic N) is 2. The minimum absolute atomic E-state index is 0.0376. The van der Waals surface area contributed by atoms with Crippen molar-refractivity contribution >= 4 is 5.69 Å². The number of nitriles is 1. The third kappa shape index (κ3) is 3.84. The van der Waals surface area contributed by atoms with Gasteiger partial charge in [-0.3, -0.25) is 10.1 Å². The predicted molar refractivity (Wildman–Crippen MR) is 74.8 cm³/mol. The number of non-ortho nitro benzene ring substituents is 1. The smallest absolute Gasteiger partial charge is 0.269 e. The topological polar surface area (TPSA) is 79.0 Å². The molecule has 0 aliphatic carbocycles. The van der Waals surface area contributed by atoms with Crippen LogP contribution < -0.4 is 5.32 Å². The Morgan fingerprint density at radius 2 is 1.90 bits per heavy atom. The van der Waals surface area contributed by atoms with E-state index in [9.17, 15) is 14.5 Å². The summed E-state index contributed by atoms with van der Waals surface area (Å²) < 4.78 is 13.2. The minimum atomic E-state index is -0.455. The van der Waals surface area contributed by atoms with E-state index in [1.54, 1.807) is 12.1 Å². The van der Waals surface area contributed by atoms with E-state index in [-0.39, 0.29) is 11.5 Å². The molecule has 0 radical (unpaired) electrons. The highest BCUT2D eigenvalue weighted by atomic mass is 19.1. The van der Waals surface area contributed by atoms with Gasteiger partial charge >= 0.3 is 0 Å². The normalized spacial score (nSPS) is 10.1. The summed E-state index contributed by atoms with van der Waals surface area (Å²) in [5, 5.41) is 22.6. The number of nitrogens with one attached hydrogen (secondary N) is 1. The lowest BCUT2D eigenvalue weighted by atomic mass is 10.1. The van der Waals surface area contributed by atoms with Crippen molar-refractivity contribution in [3.05, 3.63) is 75.1 Å². The molecule has 5 nitrogen and oxygen atoms in total. The second-order valence-corrected chi connectivity index (χ2v) is 4.44. The van der Waals surface area contributed by atoms with Crippen LogP contribution in [-0.4, -0.2) is 4.92 Å². The van der Waals surface area contributed by atoms with Gasteiger partial charge in [0.1, 0.15) is 5.82 Å². The zero-order chi connectivity index (χ0) is 15.2. The van der Waals surface area contributed by atoms with Crippen LogP contribution >= 0.6 is 0 Å². The second-order valence-electron chi connectivity index (χ2n) is 4.44. The van der Waals surface area contributed by atoms with Crippen LogP contribution in [0.5, 0.6) is 0 Å². The number of halogens is 1. The second kappa shape index (κ2) is 6.59. The van der Waals surface area contributed by atoms with E-state index in [2.05, 4.69) is 5.32 Å². The van der Waals surface area contributed by atoms with Crippen LogP contribution in [0, 0.1) is 27.3 Å². The molecule has 0 saturated carbocycles. The molecule has 0 unspecified atom stereocenters. The fraction of sp³-hybridized carbons (Fsp3) is 0.133. The Labute approximate surface area is 120 Å². The van der Waals surface area contributed by atoms with E-state index in [0.717, 1.165) is 5.56 Å². The Morgan fingerprint density at radius 3 is 2.52 bits per heavy atom. The first-order valence-electron chi connectivity index (χ1n) is 6.22. The maximum absolute atomic E-state index is 13.2. The van der Waals surface area contributed by atoms with Gasteiger partial charge in [0, 0.05) is 25.2 Å². The Balaban J connectivity index is 1.97. The maximum atomic E-state index is 13.2. The number of hydrogen-bond acceptors (Lipinski definition) is 4. The van der Waals surface area contributed by atoms with Gasteiger partial charge in [0.25, 0.3) is 5.69 Å². The fourth-order valence-electron chi connectivity index (χ4n) is 1.89. The molecule has 2 rings (SSSR count). The molecule has 0 saturated heterocycles. The number of rotatable bonds is 5. The average molecular weight is 285 g/mol. The Morgan fingerprint density at radius 1 is 1.19 bits per heavy atom. The highest BCUT2D eigenvalue weighted by molar-refractivity contribution is 5.38. The van der Waals surface area contributed by atoms with Crippen molar-refractivity contribution in [2.24, 2.45) is 0 Å². The molecule has 0 amide bonds. The van der Waals surface area contributed by atoms with E-state index in [4.69, 9.17) is 5.26 Å². The molecule has 0 bridgehead atoms. The van der Waals surface area contributed by atoms with E-state index in [1.807, 2.05) is 6.07 Å². The van der Waals surface area contributed by atoms with E-state index in [0.29, 0.717) is 24.2 Å².